The predicted octanol–water partition coefficient (Wildman–Crippen LogP) is 3.38. The smallest absolute Gasteiger partial charge is 0.231 e. The van der Waals surface area contributed by atoms with E-state index in [0.717, 1.165) is 35.3 Å². The first-order valence-electron chi connectivity index (χ1n) is 9.65. The zero-order valence-electron chi connectivity index (χ0n) is 16.3. The zero-order valence-corrected chi connectivity index (χ0v) is 17.9. The molecule has 1 aliphatic heterocycles. The van der Waals surface area contributed by atoms with Gasteiger partial charge in [-0.15, -0.1) is 0 Å². The summed E-state index contributed by atoms with van der Waals surface area (Å²) in [6.45, 7) is 0.918. The van der Waals surface area contributed by atoms with Crippen molar-refractivity contribution in [1.29, 1.82) is 0 Å². The fourth-order valence-electron chi connectivity index (χ4n) is 3.54. The number of thioether (sulfide) groups is 1. The van der Waals surface area contributed by atoms with Crippen LogP contribution in [0.3, 0.4) is 0 Å². The molecule has 1 saturated heterocycles. The predicted molar refractivity (Wildman–Crippen MR) is 123 cm³/mol. The molecule has 1 aromatic carbocycles. The monoisotopic (exact) mass is 454 g/mol. The van der Waals surface area contributed by atoms with Gasteiger partial charge in [-0.3, -0.25) is 4.40 Å². The third kappa shape index (κ3) is 4.17. The van der Waals surface area contributed by atoms with Gasteiger partial charge in [-0.1, -0.05) is 29.4 Å². The lowest BCUT2D eigenvalue weighted by Crippen LogP contribution is -2.46. The van der Waals surface area contributed by atoms with Crippen LogP contribution in [0, 0.1) is 0 Å². The SMILES string of the molecule is OC1(O)CN(c2ccc(Nc3nccc(-c4c(Cl)nc5ccccn45)n3)cc2)CCS1. The molecule has 1 fully saturated rings. The molecule has 0 radical (unpaired) electrons. The Labute approximate surface area is 187 Å². The molecule has 4 aromatic rings. The van der Waals surface area contributed by atoms with Crippen LogP contribution in [-0.4, -0.2) is 53.5 Å². The first-order valence-corrected chi connectivity index (χ1v) is 11.0. The fraction of sp³-hybridized carbons (Fsp3) is 0.190. The largest absolute Gasteiger partial charge is 0.364 e. The molecule has 10 heteroatoms. The van der Waals surface area contributed by atoms with E-state index in [-0.39, 0.29) is 6.54 Å². The van der Waals surface area contributed by atoms with Crippen LogP contribution < -0.4 is 10.2 Å². The van der Waals surface area contributed by atoms with Crippen LogP contribution in [0.4, 0.5) is 17.3 Å². The molecule has 5 rings (SSSR count). The number of halogens is 1. The van der Waals surface area contributed by atoms with Crippen molar-refractivity contribution in [3.63, 3.8) is 0 Å². The highest BCUT2D eigenvalue weighted by Crippen LogP contribution is 2.30. The van der Waals surface area contributed by atoms with Crippen molar-refractivity contribution in [2.24, 2.45) is 0 Å². The third-order valence-corrected chi connectivity index (χ3v) is 6.21. The van der Waals surface area contributed by atoms with Crippen molar-refractivity contribution < 1.29 is 10.2 Å². The molecule has 0 atom stereocenters. The number of imidazole rings is 1. The number of nitrogens with one attached hydrogen (secondary N) is 1. The van der Waals surface area contributed by atoms with Crippen molar-refractivity contribution in [2.45, 2.75) is 5.12 Å². The summed E-state index contributed by atoms with van der Waals surface area (Å²) in [6.07, 6.45) is 3.56. The minimum atomic E-state index is -1.72. The maximum Gasteiger partial charge on any atom is 0.231 e. The summed E-state index contributed by atoms with van der Waals surface area (Å²) in [6, 6.07) is 15.2. The molecular formula is C21H19ClN6O2S. The van der Waals surface area contributed by atoms with E-state index in [9.17, 15) is 10.2 Å². The summed E-state index contributed by atoms with van der Waals surface area (Å²) in [4.78, 5) is 15.2. The highest BCUT2D eigenvalue weighted by Gasteiger charge is 2.31. The molecule has 8 nitrogen and oxygen atoms in total. The minimum absolute atomic E-state index is 0.162. The third-order valence-electron chi connectivity index (χ3n) is 4.97. The topological polar surface area (TPSA) is 98.8 Å². The van der Waals surface area contributed by atoms with Gasteiger partial charge in [0.05, 0.1) is 12.2 Å². The molecule has 31 heavy (non-hydrogen) atoms. The van der Waals surface area contributed by atoms with Crippen molar-refractivity contribution in [3.05, 3.63) is 66.1 Å². The van der Waals surface area contributed by atoms with Gasteiger partial charge in [0.25, 0.3) is 0 Å². The first-order chi connectivity index (χ1) is 15.0. The second kappa shape index (κ2) is 8.01. The number of aromatic nitrogens is 4. The first kappa shape index (κ1) is 20.1. The number of β-amino-alcohol motifs (C(OH)–C–C–N with tert-alkyl or cyclic N) is 2. The van der Waals surface area contributed by atoms with E-state index >= 15 is 0 Å². The molecule has 0 amide bonds. The molecule has 3 aromatic heterocycles. The Kier molecular flexibility index (Phi) is 5.19. The fourth-order valence-corrected chi connectivity index (χ4v) is 4.70. The molecule has 3 N–H and O–H groups in total. The van der Waals surface area contributed by atoms with Crippen molar-refractivity contribution in [3.8, 4) is 11.4 Å². The van der Waals surface area contributed by atoms with Crippen LogP contribution in [-0.2, 0) is 0 Å². The van der Waals surface area contributed by atoms with E-state index < -0.39 is 5.12 Å². The lowest BCUT2D eigenvalue weighted by atomic mass is 10.2. The minimum Gasteiger partial charge on any atom is -0.364 e. The Morgan fingerprint density at radius 3 is 2.71 bits per heavy atom. The van der Waals surface area contributed by atoms with E-state index in [2.05, 4.69) is 20.3 Å². The van der Waals surface area contributed by atoms with Crippen LogP contribution >= 0.6 is 23.4 Å². The van der Waals surface area contributed by atoms with Gasteiger partial charge in [0.2, 0.25) is 11.1 Å². The standard InChI is InChI=1S/C21H19ClN6O2S/c22-19-18(28-10-2-1-3-17(28)26-19)16-8-9-23-20(25-16)24-14-4-6-15(7-5-14)27-11-12-31-21(29,30)13-27/h1-10,29-30H,11-13H2,(H,23,24,25). The summed E-state index contributed by atoms with van der Waals surface area (Å²) in [5, 5.41) is 21.6. The maximum atomic E-state index is 9.88. The van der Waals surface area contributed by atoms with Gasteiger partial charge in [-0.05, 0) is 42.5 Å². The summed E-state index contributed by atoms with van der Waals surface area (Å²) in [5.74, 6) is 1.09. The number of hydrogen-bond acceptors (Lipinski definition) is 8. The maximum absolute atomic E-state index is 9.88. The van der Waals surface area contributed by atoms with E-state index in [1.807, 2.05) is 58.0 Å². The van der Waals surface area contributed by atoms with Gasteiger partial charge in [0.1, 0.15) is 11.3 Å². The molecule has 1 aliphatic rings. The molecule has 158 valence electrons. The second-order valence-corrected chi connectivity index (χ2v) is 8.84. The van der Waals surface area contributed by atoms with Gasteiger partial charge < -0.3 is 20.4 Å². The van der Waals surface area contributed by atoms with Gasteiger partial charge in [-0.25, -0.2) is 15.0 Å². The number of anilines is 3. The molecule has 0 bridgehead atoms. The Morgan fingerprint density at radius 1 is 1.06 bits per heavy atom. The van der Waals surface area contributed by atoms with Gasteiger partial charge in [-0.2, -0.15) is 0 Å². The number of rotatable bonds is 4. The molecular weight excluding hydrogens is 436 g/mol. The number of fused-ring (bicyclic) bond motifs is 1. The number of pyridine rings is 1. The Hall–Kier alpha value is -2.85. The van der Waals surface area contributed by atoms with Crippen LogP contribution in [0.1, 0.15) is 0 Å². The highest BCUT2D eigenvalue weighted by atomic mass is 35.5. The van der Waals surface area contributed by atoms with E-state index in [1.165, 1.54) is 0 Å². The van der Waals surface area contributed by atoms with Gasteiger partial charge >= 0.3 is 0 Å². The molecule has 0 unspecified atom stereocenters. The number of benzene rings is 1. The lowest BCUT2D eigenvalue weighted by Gasteiger charge is -2.36. The summed E-state index contributed by atoms with van der Waals surface area (Å²) < 4.78 is 1.89. The Balaban J connectivity index is 1.37. The van der Waals surface area contributed by atoms with Crippen LogP contribution in [0.25, 0.3) is 17.0 Å². The number of aliphatic hydroxyl groups is 2. The van der Waals surface area contributed by atoms with E-state index in [4.69, 9.17) is 11.6 Å². The second-order valence-electron chi connectivity index (χ2n) is 7.13. The van der Waals surface area contributed by atoms with Crippen LogP contribution in [0.2, 0.25) is 5.15 Å². The zero-order chi connectivity index (χ0) is 21.4. The Bertz CT molecular complexity index is 1230. The summed E-state index contributed by atoms with van der Waals surface area (Å²) in [7, 11) is 0. The van der Waals surface area contributed by atoms with Gasteiger partial charge in [0.15, 0.2) is 5.15 Å². The molecule has 0 saturated carbocycles. The summed E-state index contributed by atoms with van der Waals surface area (Å²) in [5.41, 5.74) is 3.85. The Morgan fingerprint density at radius 2 is 1.90 bits per heavy atom. The average molecular weight is 455 g/mol. The molecule has 0 spiro atoms. The van der Waals surface area contributed by atoms with Crippen LogP contribution in [0.15, 0.2) is 60.9 Å². The highest BCUT2D eigenvalue weighted by molar-refractivity contribution is 8.00. The van der Waals surface area contributed by atoms with E-state index in [0.29, 0.717) is 28.2 Å². The van der Waals surface area contributed by atoms with Gasteiger partial charge in [0, 0.05) is 36.1 Å². The quantitative estimate of drug-likeness (QED) is 0.404. The molecule has 4 heterocycles. The lowest BCUT2D eigenvalue weighted by molar-refractivity contribution is -0.0698. The molecule has 0 aliphatic carbocycles. The van der Waals surface area contributed by atoms with Crippen molar-refractivity contribution >= 4 is 46.3 Å². The van der Waals surface area contributed by atoms with E-state index in [1.54, 1.807) is 12.3 Å². The average Bonchev–Trinajstić information content (AvgIpc) is 3.09. The van der Waals surface area contributed by atoms with Crippen molar-refractivity contribution in [2.75, 3.05) is 29.1 Å². The number of nitrogens with zero attached hydrogens (tertiary/aromatic N) is 5. The summed E-state index contributed by atoms with van der Waals surface area (Å²) >= 11 is 7.52. The number of hydrogen-bond donors (Lipinski definition) is 3. The van der Waals surface area contributed by atoms with Crippen LogP contribution in [0.5, 0.6) is 0 Å². The van der Waals surface area contributed by atoms with Crippen molar-refractivity contribution in [1.82, 2.24) is 19.4 Å². The normalized spacial score (nSPS) is 15.9.